The number of nitriles is 2. The van der Waals surface area contributed by atoms with Gasteiger partial charge in [0, 0.05) is 0 Å². The first-order valence-electron chi connectivity index (χ1n) is 5.81. The van der Waals surface area contributed by atoms with Crippen LogP contribution in [0, 0.1) is 22.7 Å². The Morgan fingerprint density at radius 3 is 2.25 bits per heavy atom. The Balaban J connectivity index is 3.26. The summed E-state index contributed by atoms with van der Waals surface area (Å²) >= 11 is 11.7. The van der Waals surface area contributed by atoms with Crippen molar-refractivity contribution in [2.24, 2.45) is 0 Å². The maximum absolute atomic E-state index is 10.4. The van der Waals surface area contributed by atoms with Gasteiger partial charge >= 0.3 is 0 Å². The molecule has 0 heterocycles. The van der Waals surface area contributed by atoms with E-state index in [0.717, 1.165) is 0 Å². The molecule has 0 aliphatic carbocycles. The lowest BCUT2D eigenvalue weighted by Gasteiger charge is -2.32. The van der Waals surface area contributed by atoms with Crippen molar-refractivity contribution in [3.8, 4) is 12.1 Å². The fourth-order valence-electron chi connectivity index (χ4n) is 1.69. The minimum absolute atomic E-state index is 0.248. The van der Waals surface area contributed by atoms with Gasteiger partial charge in [-0.1, -0.05) is 29.3 Å². The van der Waals surface area contributed by atoms with Gasteiger partial charge in [-0.05, 0) is 37.3 Å². The van der Waals surface area contributed by atoms with Crippen molar-refractivity contribution in [3.63, 3.8) is 0 Å². The highest BCUT2D eigenvalue weighted by atomic mass is 35.5. The smallest absolute Gasteiger partial charge is 0.268 e. The molecule has 0 bridgehead atoms. The minimum Gasteiger partial charge on any atom is -0.379 e. The summed E-state index contributed by atoms with van der Waals surface area (Å²) < 4.78 is 5.49. The van der Waals surface area contributed by atoms with Crippen LogP contribution in [0.3, 0.4) is 0 Å². The van der Waals surface area contributed by atoms with E-state index >= 15 is 0 Å². The van der Waals surface area contributed by atoms with Gasteiger partial charge in [0.25, 0.3) is 5.79 Å². The predicted molar refractivity (Wildman–Crippen MR) is 79.8 cm³/mol. The van der Waals surface area contributed by atoms with Crippen molar-refractivity contribution in [1.29, 1.82) is 10.5 Å². The number of aliphatic hydroxyl groups is 1. The highest BCUT2D eigenvalue weighted by molar-refractivity contribution is 6.69. The highest BCUT2D eigenvalue weighted by Crippen LogP contribution is 2.34. The number of rotatable bonds is 4. The standard InChI is InChI=1S/C13H14Cl2N2O2Si/c1-20(2,3)19-13(18,8-17)10(7-16)9-4-5-11(14)12(15)6-9/h4-6,10,18H,1-3H3. The van der Waals surface area contributed by atoms with Crippen LogP contribution < -0.4 is 0 Å². The van der Waals surface area contributed by atoms with Crippen molar-refractivity contribution in [2.75, 3.05) is 0 Å². The van der Waals surface area contributed by atoms with Crippen molar-refractivity contribution >= 4 is 31.5 Å². The molecule has 1 aromatic rings. The van der Waals surface area contributed by atoms with E-state index in [4.69, 9.17) is 27.6 Å². The normalized spacial score (nSPS) is 15.8. The molecule has 0 aromatic heterocycles. The molecule has 2 atom stereocenters. The lowest BCUT2D eigenvalue weighted by molar-refractivity contribution is -0.102. The third kappa shape index (κ3) is 3.96. The molecular formula is C13H14Cl2N2O2Si. The summed E-state index contributed by atoms with van der Waals surface area (Å²) in [4.78, 5) is 0. The molecule has 1 aromatic carbocycles. The zero-order chi connectivity index (χ0) is 15.6. The van der Waals surface area contributed by atoms with Crippen LogP contribution >= 0.6 is 23.2 Å². The van der Waals surface area contributed by atoms with Gasteiger partial charge in [-0.2, -0.15) is 10.5 Å². The topological polar surface area (TPSA) is 77.0 Å². The maximum atomic E-state index is 10.4. The molecule has 4 nitrogen and oxygen atoms in total. The molecule has 2 unspecified atom stereocenters. The Bertz CT molecular complexity index is 590. The zero-order valence-corrected chi connectivity index (χ0v) is 13.8. The fraction of sp³-hybridized carbons (Fsp3) is 0.385. The molecule has 1 N–H and O–H groups in total. The lowest BCUT2D eigenvalue weighted by Crippen LogP contribution is -2.45. The van der Waals surface area contributed by atoms with Crippen molar-refractivity contribution in [2.45, 2.75) is 31.3 Å². The summed E-state index contributed by atoms with van der Waals surface area (Å²) in [5, 5.41) is 29.5. The van der Waals surface area contributed by atoms with Crippen LogP contribution in [-0.2, 0) is 4.43 Å². The van der Waals surface area contributed by atoms with Crippen molar-refractivity contribution in [3.05, 3.63) is 33.8 Å². The number of benzene rings is 1. The second-order valence-electron chi connectivity index (χ2n) is 5.26. The van der Waals surface area contributed by atoms with Gasteiger partial charge in [-0.3, -0.25) is 0 Å². The van der Waals surface area contributed by atoms with Gasteiger partial charge < -0.3 is 9.53 Å². The minimum atomic E-state index is -2.23. The number of nitrogens with zero attached hydrogens (tertiary/aromatic N) is 2. The lowest BCUT2D eigenvalue weighted by atomic mass is 9.93. The van der Waals surface area contributed by atoms with E-state index < -0.39 is 20.0 Å². The fourth-order valence-corrected chi connectivity index (χ4v) is 3.10. The first kappa shape index (κ1) is 17.0. The van der Waals surface area contributed by atoms with Crippen LogP contribution in [0.15, 0.2) is 18.2 Å². The van der Waals surface area contributed by atoms with Crippen LogP contribution in [0.25, 0.3) is 0 Å². The van der Waals surface area contributed by atoms with E-state index in [1.165, 1.54) is 18.2 Å². The molecule has 7 heteroatoms. The summed E-state index contributed by atoms with van der Waals surface area (Å²) in [6.45, 7) is 5.45. The Kier molecular flexibility index (Phi) is 5.20. The number of hydrogen-bond donors (Lipinski definition) is 1. The SMILES string of the molecule is C[Si](C)(C)OC(O)(C#N)C(C#N)c1ccc(Cl)c(Cl)c1. The molecule has 0 aliphatic heterocycles. The molecule has 0 fully saturated rings. The van der Waals surface area contributed by atoms with Crippen LogP contribution in [-0.4, -0.2) is 19.2 Å². The summed E-state index contributed by atoms with van der Waals surface area (Å²) in [6, 6.07) is 8.09. The van der Waals surface area contributed by atoms with Crippen LogP contribution in [0.1, 0.15) is 11.5 Å². The van der Waals surface area contributed by atoms with E-state index in [1.54, 1.807) is 6.07 Å². The van der Waals surface area contributed by atoms with Crippen molar-refractivity contribution in [1.82, 2.24) is 0 Å². The summed E-state index contributed by atoms with van der Waals surface area (Å²) in [7, 11) is -2.23. The second kappa shape index (κ2) is 6.13. The Morgan fingerprint density at radius 2 is 1.85 bits per heavy atom. The molecule has 0 saturated carbocycles. The summed E-state index contributed by atoms with van der Waals surface area (Å²) in [5.74, 6) is -3.38. The molecule has 0 amide bonds. The second-order valence-corrected chi connectivity index (χ2v) is 10.5. The first-order chi connectivity index (χ1) is 9.13. The quantitative estimate of drug-likeness (QED) is 0.519. The molecule has 0 saturated heterocycles. The Hall–Kier alpha value is -1.08. The van der Waals surface area contributed by atoms with E-state index in [2.05, 4.69) is 0 Å². The molecule has 106 valence electrons. The van der Waals surface area contributed by atoms with Crippen LogP contribution in [0.4, 0.5) is 0 Å². The number of halogens is 2. The van der Waals surface area contributed by atoms with Crippen LogP contribution in [0.2, 0.25) is 29.7 Å². The first-order valence-corrected chi connectivity index (χ1v) is 9.98. The van der Waals surface area contributed by atoms with Gasteiger partial charge in [0.05, 0.1) is 16.1 Å². The third-order valence-corrected chi connectivity index (χ3v) is 4.08. The summed E-state index contributed by atoms with van der Waals surface area (Å²) in [5.41, 5.74) is 0.379. The Labute approximate surface area is 129 Å². The number of hydrogen-bond acceptors (Lipinski definition) is 4. The van der Waals surface area contributed by atoms with Gasteiger partial charge in [0.1, 0.15) is 12.0 Å². The van der Waals surface area contributed by atoms with E-state index in [-0.39, 0.29) is 5.02 Å². The average molecular weight is 329 g/mol. The molecule has 0 aliphatic rings. The zero-order valence-electron chi connectivity index (χ0n) is 11.3. The maximum Gasteiger partial charge on any atom is 0.268 e. The van der Waals surface area contributed by atoms with Gasteiger partial charge in [-0.15, -0.1) is 0 Å². The highest BCUT2D eigenvalue weighted by Gasteiger charge is 2.43. The third-order valence-electron chi connectivity index (χ3n) is 2.42. The average Bonchev–Trinajstić information content (AvgIpc) is 2.32. The molecule has 20 heavy (non-hydrogen) atoms. The van der Waals surface area contributed by atoms with Gasteiger partial charge in [0.15, 0.2) is 8.32 Å². The molecule has 1 rings (SSSR count). The molecular weight excluding hydrogens is 315 g/mol. The van der Waals surface area contributed by atoms with E-state index in [0.29, 0.717) is 10.6 Å². The molecule has 0 spiro atoms. The predicted octanol–water partition coefficient (Wildman–Crippen LogP) is 3.66. The van der Waals surface area contributed by atoms with Gasteiger partial charge in [-0.25, -0.2) is 0 Å². The van der Waals surface area contributed by atoms with Gasteiger partial charge in [0.2, 0.25) is 0 Å². The summed E-state index contributed by atoms with van der Waals surface area (Å²) in [6.07, 6.45) is 0. The monoisotopic (exact) mass is 328 g/mol. The van der Waals surface area contributed by atoms with Crippen LogP contribution in [0.5, 0.6) is 0 Å². The molecule has 0 radical (unpaired) electrons. The van der Waals surface area contributed by atoms with Crippen molar-refractivity contribution < 1.29 is 9.53 Å². The van der Waals surface area contributed by atoms with E-state index in [1.807, 2.05) is 25.7 Å². The Morgan fingerprint density at radius 1 is 1.25 bits per heavy atom. The largest absolute Gasteiger partial charge is 0.379 e. The van der Waals surface area contributed by atoms with E-state index in [9.17, 15) is 15.6 Å².